The predicted molar refractivity (Wildman–Crippen MR) is 79.8 cm³/mol. The van der Waals surface area contributed by atoms with Gasteiger partial charge < -0.3 is 0 Å². The molecular formula is C12H14IN3S. The molecule has 0 saturated carbocycles. The van der Waals surface area contributed by atoms with Crippen LogP contribution in [-0.2, 0) is 6.42 Å². The Morgan fingerprint density at radius 1 is 1.41 bits per heavy atom. The van der Waals surface area contributed by atoms with Crippen molar-refractivity contribution in [3.05, 3.63) is 49.5 Å². The van der Waals surface area contributed by atoms with E-state index in [0.29, 0.717) is 0 Å². The number of nitrogens with one attached hydrogen (secondary N) is 1. The zero-order valence-electron chi connectivity index (χ0n) is 9.48. The number of aryl methyl sites for hydroxylation is 1. The zero-order chi connectivity index (χ0) is 12.3. The van der Waals surface area contributed by atoms with Gasteiger partial charge in [-0.15, -0.1) is 11.3 Å². The van der Waals surface area contributed by atoms with Crippen LogP contribution < -0.4 is 11.3 Å². The standard InChI is InChI=1S/C12H14IN3S/c1-8-15-11(7-17-8)6-12(16-14)9-2-4-10(13)5-3-9/h2-5,7,12,16H,6,14H2,1H3. The molecule has 1 heterocycles. The average Bonchev–Trinajstić information content (AvgIpc) is 2.73. The SMILES string of the molecule is Cc1nc(CC(NN)c2ccc(I)cc2)cs1. The highest BCUT2D eigenvalue weighted by molar-refractivity contribution is 14.1. The van der Waals surface area contributed by atoms with Gasteiger partial charge in [0.1, 0.15) is 0 Å². The monoisotopic (exact) mass is 359 g/mol. The van der Waals surface area contributed by atoms with Crippen molar-refractivity contribution in [1.29, 1.82) is 0 Å². The molecule has 2 aromatic rings. The van der Waals surface area contributed by atoms with E-state index in [1.807, 2.05) is 6.92 Å². The first-order valence-electron chi connectivity index (χ1n) is 5.31. The van der Waals surface area contributed by atoms with Gasteiger partial charge in [-0.2, -0.15) is 0 Å². The van der Waals surface area contributed by atoms with Gasteiger partial charge in [0.2, 0.25) is 0 Å². The second-order valence-corrected chi connectivity index (χ2v) is 6.14. The maximum atomic E-state index is 5.62. The topological polar surface area (TPSA) is 50.9 Å². The molecule has 1 aromatic carbocycles. The molecule has 1 aromatic heterocycles. The van der Waals surface area contributed by atoms with Gasteiger partial charge in [0, 0.05) is 15.4 Å². The van der Waals surface area contributed by atoms with Crippen LogP contribution >= 0.6 is 33.9 Å². The number of hydrogen-bond donors (Lipinski definition) is 2. The Hall–Kier alpha value is -0.500. The minimum Gasteiger partial charge on any atom is -0.271 e. The summed E-state index contributed by atoms with van der Waals surface area (Å²) >= 11 is 3.97. The van der Waals surface area contributed by atoms with E-state index in [1.54, 1.807) is 11.3 Å². The van der Waals surface area contributed by atoms with Crippen LogP contribution in [0.4, 0.5) is 0 Å². The number of halogens is 1. The van der Waals surface area contributed by atoms with Crippen LogP contribution in [0.15, 0.2) is 29.6 Å². The summed E-state index contributed by atoms with van der Waals surface area (Å²) in [5.74, 6) is 5.62. The van der Waals surface area contributed by atoms with Crippen molar-refractivity contribution in [1.82, 2.24) is 10.4 Å². The Labute approximate surface area is 119 Å². The van der Waals surface area contributed by atoms with Crippen molar-refractivity contribution in [3.63, 3.8) is 0 Å². The van der Waals surface area contributed by atoms with Crippen molar-refractivity contribution < 1.29 is 0 Å². The minimum absolute atomic E-state index is 0.119. The Morgan fingerprint density at radius 2 is 2.12 bits per heavy atom. The third kappa shape index (κ3) is 3.48. The predicted octanol–water partition coefficient (Wildman–Crippen LogP) is 2.80. The van der Waals surface area contributed by atoms with Crippen molar-refractivity contribution in [3.8, 4) is 0 Å². The first-order chi connectivity index (χ1) is 8.19. The lowest BCUT2D eigenvalue weighted by Gasteiger charge is -2.15. The highest BCUT2D eigenvalue weighted by atomic mass is 127. The Balaban J connectivity index is 2.13. The van der Waals surface area contributed by atoms with Crippen LogP contribution in [0.1, 0.15) is 22.3 Å². The third-order valence-electron chi connectivity index (χ3n) is 2.55. The highest BCUT2D eigenvalue weighted by Gasteiger charge is 2.12. The van der Waals surface area contributed by atoms with Crippen LogP contribution in [0.2, 0.25) is 0 Å². The molecule has 90 valence electrons. The van der Waals surface area contributed by atoms with Crippen molar-refractivity contribution in [2.75, 3.05) is 0 Å². The molecule has 1 atom stereocenters. The maximum absolute atomic E-state index is 5.62. The summed E-state index contributed by atoms with van der Waals surface area (Å²) in [4.78, 5) is 4.46. The summed E-state index contributed by atoms with van der Waals surface area (Å²) in [6.45, 7) is 2.02. The summed E-state index contributed by atoms with van der Waals surface area (Å²) in [7, 11) is 0. The summed E-state index contributed by atoms with van der Waals surface area (Å²) in [6.07, 6.45) is 0.821. The lowest BCUT2D eigenvalue weighted by atomic mass is 10.0. The molecule has 0 amide bonds. The third-order valence-corrected chi connectivity index (χ3v) is 4.09. The van der Waals surface area contributed by atoms with E-state index in [1.165, 1.54) is 9.13 Å². The summed E-state index contributed by atoms with van der Waals surface area (Å²) < 4.78 is 1.23. The Morgan fingerprint density at radius 3 is 2.65 bits per heavy atom. The van der Waals surface area contributed by atoms with Crippen molar-refractivity contribution in [2.24, 2.45) is 5.84 Å². The molecule has 17 heavy (non-hydrogen) atoms. The van der Waals surface area contributed by atoms with Gasteiger partial charge in [0.25, 0.3) is 0 Å². The minimum atomic E-state index is 0.119. The molecule has 0 spiro atoms. The molecule has 0 saturated heterocycles. The van der Waals surface area contributed by atoms with E-state index in [9.17, 15) is 0 Å². The number of hydrazine groups is 1. The molecule has 0 radical (unpaired) electrons. The largest absolute Gasteiger partial charge is 0.271 e. The number of rotatable bonds is 4. The van der Waals surface area contributed by atoms with Crippen LogP contribution in [0.5, 0.6) is 0 Å². The summed E-state index contributed by atoms with van der Waals surface area (Å²) in [5, 5.41) is 3.19. The van der Waals surface area contributed by atoms with Crippen LogP contribution in [0, 0.1) is 10.5 Å². The van der Waals surface area contributed by atoms with E-state index in [0.717, 1.165) is 17.1 Å². The fourth-order valence-electron chi connectivity index (χ4n) is 1.68. The summed E-state index contributed by atoms with van der Waals surface area (Å²) in [5.41, 5.74) is 5.14. The molecule has 0 aliphatic rings. The van der Waals surface area contributed by atoms with E-state index in [2.05, 4.69) is 62.6 Å². The van der Waals surface area contributed by atoms with Gasteiger partial charge in [0.05, 0.1) is 16.7 Å². The zero-order valence-corrected chi connectivity index (χ0v) is 12.5. The number of benzene rings is 1. The normalized spacial score (nSPS) is 12.6. The van der Waals surface area contributed by atoms with Gasteiger partial charge >= 0.3 is 0 Å². The number of hydrogen-bond acceptors (Lipinski definition) is 4. The highest BCUT2D eigenvalue weighted by Crippen LogP contribution is 2.20. The number of thiazole rings is 1. The van der Waals surface area contributed by atoms with Gasteiger partial charge in [-0.3, -0.25) is 11.3 Å². The van der Waals surface area contributed by atoms with E-state index in [-0.39, 0.29) is 6.04 Å². The van der Waals surface area contributed by atoms with E-state index in [4.69, 9.17) is 5.84 Å². The Bertz CT molecular complexity index is 481. The average molecular weight is 359 g/mol. The lowest BCUT2D eigenvalue weighted by molar-refractivity contribution is 0.547. The number of nitrogens with zero attached hydrogens (tertiary/aromatic N) is 1. The lowest BCUT2D eigenvalue weighted by Crippen LogP contribution is -2.29. The van der Waals surface area contributed by atoms with Gasteiger partial charge in [-0.25, -0.2) is 4.98 Å². The van der Waals surface area contributed by atoms with Gasteiger partial charge in [-0.1, -0.05) is 12.1 Å². The molecular weight excluding hydrogens is 345 g/mol. The van der Waals surface area contributed by atoms with Crippen molar-refractivity contribution >= 4 is 33.9 Å². The smallest absolute Gasteiger partial charge is 0.0897 e. The Kier molecular flexibility index (Phi) is 4.49. The quantitative estimate of drug-likeness (QED) is 0.502. The van der Waals surface area contributed by atoms with Crippen LogP contribution in [0.25, 0.3) is 0 Å². The van der Waals surface area contributed by atoms with Crippen molar-refractivity contribution in [2.45, 2.75) is 19.4 Å². The van der Waals surface area contributed by atoms with E-state index >= 15 is 0 Å². The molecule has 3 nitrogen and oxygen atoms in total. The van der Waals surface area contributed by atoms with Gasteiger partial charge in [-0.05, 0) is 47.2 Å². The van der Waals surface area contributed by atoms with Gasteiger partial charge in [0.15, 0.2) is 0 Å². The number of aromatic nitrogens is 1. The molecule has 1 unspecified atom stereocenters. The molecule has 0 bridgehead atoms. The fourth-order valence-corrected chi connectivity index (χ4v) is 2.66. The molecule has 0 aliphatic heterocycles. The van der Waals surface area contributed by atoms with Crippen LogP contribution in [-0.4, -0.2) is 4.98 Å². The summed E-state index contributed by atoms with van der Waals surface area (Å²) in [6, 6.07) is 8.50. The molecule has 0 fully saturated rings. The molecule has 5 heteroatoms. The first-order valence-corrected chi connectivity index (χ1v) is 7.27. The maximum Gasteiger partial charge on any atom is 0.0897 e. The van der Waals surface area contributed by atoms with E-state index < -0.39 is 0 Å². The second kappa shape index (κ2) is 5.90. The number of nitrogens with two attached hydrogens (primary N) is 1. The fraction of sp³-hybridized carbons (Fsp3) is 0.250. The van der Waals surface area contributed by atoms with Crippen LogP contribution in [0.3, 0.4) is 0 Å². The molecule has 2 rings (SSSR count). The molecule has 3 N–H and O–H groups in total. The molecule has 0 aliphatic carbocycles. The second-order valence-electron chi connectivity index (χ2n) is 3.83. The first kappa shape index (κ1) is 12.9.